The van der Waals surface area contributed by atoms with Gasteiger partial charge >= 0.3 is 5.82 Å². The normalized spacial score (nSPS) is 43.6. The van der Waals surface area contributed by atoms with Gasteiger partial charge in [-0.15, -0.1) is 0 Å². The molecule has 1 heterocycles. The second-order valence-electron chi connectivity index (χ2n) is 12.3. The zero-order valence-corrected chi connectivity index (χ0v) is 20.7. The summed E-state index contributed by atoms with van der Waals surface area (Å²) in [6.07, 6.45) is 12.1. The zero-order chi connectivity index (χ0) is 24.3. The molecule has 0 amide bonds. The van der Waals surface area contributed by atoms with Gasteiger partial charge in [0, 0.05) is 13.0 Å². The Balaban J connectivity index is 1.30. The third kappa shape index (κ3) is 3.72. The lowest BCUT2D eigenvalue weighted by Crippen LogP contribution is -2.56. The van der Waals surface area contributed by atoms with Gasteiger partial charge in [-0.25, -0.2) is 0 Å². The summed E-state index contributed by atoms with van der Waals surface area (Å²) in [7, 11) is 1.68. The van der Waals surface area contributed by atoms with Crippen LogP contribution in [0.15, 0.2) is 12.5 Å². The van der Waals surface area contributed by atoms with Gasteiger partial charge in [-0.2, -0.15) is 0 Å². The Morgan fingerprint density at radius 3 is 2.65 bits per heavy atom. The van der Waals surface area contributed by atoms with Crippen LogP contribution in [0.1, 0.15) is 71.6 Å². The van der Waals surface area contributed by atoms with Crippen molar-refractivity contribution in [1.29, 1.82) is 0 Å². The van der Waals surface area contributed by atoms with Crippen molar-refractivity contribution in [1.82, 2.24) is 9.55 Å². The molecule has 5 rings (SSSR count). The van der Waals surface area contributed by atoms with E-state index < -0.39 is 10.5 Å². The molecule has 1 N–H and O–H groups in total. The van der Waals surface area contributed by atoms with Crippen molar-refractivity contribution in [3.05, 3.63) is 22.6 Å². The third-order valence-electron chi connectivity index (χ3n) is 10.8. The van der Waals surface area contributed by atoms with Gasteiger partial charge in [0.05, 0.1) is 18.8 Å². The van der Waals surface area contributed by atoms with Gasteiger partial charge in [-0.1, -0.05) is 13.8 Å². The number of hydrogen-bond acceptors (Lipinski definition) is 6. The first-order chi connectivity index (χ1) is 16.1. The summed E-state index contributed by atoms with van der Waals surface area (Å²) in [5.41, 5.74) is -0.399. The van der Waals surface area contributed by atoms with Crippen LogP contribution in [0.25, 0.3) is 0 Å². The number of ketones is 1. The lowest BCUT2D eigenvalue weighted by Gasteiger charge is -2.62. The van der Waals surface area contributed by atoms with Gasteiger partial charge in [0.15, 0.2) is 5.78 Å². The second-order valence-corrected chi connectivity index (χ2v) is 12.3. The fraction of sp³-hybridized carbons (Fsp3) is 0.846. The first-order valence-electron chi connectivity index (χ1n) is 13.0. The van der Waals surface area contributed by atoms with E-state index in [0.29, 0.717) is 30.3 Å². The van der Waals surface area contributed by atoms with Crippen molar-refractivity contribution in [2.75, 3.05) is 13.7 Å². The van der Waals surface area contributed by atoms with E-state index in [1.165, 1.54) is 18.9 Å². The van der Waals surface area contributed by atoms with Crippen molar-refractivity contribution in [3.63, 3.8) is 0 Å². The molecule has 8 atom stereocenters. The van der Waals surface area contributed by atoms with Gasteiger partial charge in [0.1, 0.15) is 6.20 Å². The maximum absolute atomic E-state index is 13.4. The highest BCUT2D eigenvalue weighted by Crippen LogP contribution is 2.68. The predicted molar refractivity (Wildman–Crippen MR) is 126 cm³/mol. The van der Waals surface area contributed by atoms with Crippen molar-refractivity contribution in [2.45, 2.75) is 83.8 Å². The molecule has 0 saturated heterocycles. The predicted octanol–water partition coefficient (Wildman–Crippen LogP) is 4.40. The van der Waals surface area contributed by atoms with Crippen LogP contribution in [0.3, 0.4) is 0 Å². The minimum absolute atomic E-state index is 0.0133. The monoisotopic (exact) mass is 473 g/mol. The summed E-state index contributed by atoms with van der Waals surface area (Å²) in [5, 5.41) is 22.0. The molecule has 34 heavy (non-hydrogen) atoms. The van der Waals surface area contributed by atoms with Crippen LogP contribution < -0.4 is 0 Å². The first-order valence-corrected chi connectivity index (χ1v) is 13.0. The van der Waals surface area contributed by atoms with E-state index in [1.807, 2.05) is 0 Å². The molecule has 8 heteroatoms. The number of fused-ring (bicyclic) bond motifs is 5. The molecule has 0 aromatic carbocycles. The minimum atomic E-state index is -0.678. The Labute approximate surface area is 201 Å². The molecule has 0 bridgehead atoms. The van der Waals surface area contributed by atoms with Crippen LogP contribution in [0.2, 0.25) is 0 Å². The van der Waals surface area contributed by atoms with Crippen LogP contribution in [0, 0.1) is 50.5 Å². The standard InChI is InChI=1S/C26H39N3O5/c1-24-10-11-26(31,15-34-3)12-17(24)4-5-18-19-6-7-21(25(19,2)9-8-20(18)24)22(30)13-28-14-23(27-16-28)29(32)33/h14,16-21,31H,4-13,15H2,1-3H3/t17-,18-,19-,20-,21+,24-,25-,26+/m0/s1. The lowest BCUT2D eigenvalue weighted by atomic mass is 9.44. The van der Waals surface area contributed by atoms with Gasteiger partial charge in [0.2, 0.25) is 6.33 Å². The number of Topliss-reactive ketones (excluding diaryl/α,β-unsaturated/α-hetero) is 1. The number of nitrogens with zero attached hydrogens (tertiary/aromatic N) is 3. The van der Waals surface area contributed by atoms with E-state index >= 15 is 0 Å². The molecule has 8 nitrogen and oxygen atoms in total. The van der Waals surface area contributed by atoms with Crippen LogP contribution in [-0.2, 0) is 16.1 Å². The highest BCUT2D eigenvalue weighted by molar-refractivity contribution is 5.82. The van der Waals surface area contributed by atoms with E-state index in [-0.39, 0.29) is 34.9 Å². The number of imidazole rings is 1. The molecule has 0 unspecified atom stereocenters. The molecule has 1 aromatic heterocycles. The summed E-state index contributed by atoms with van der Waals surface area (Å²) in [6.45, 7) is 5.41. The van der Waals surface area contributed by atoms with E-state index in [9.17, 15) is 20.0 Å². The summed E-state index contributed by atoms with van der Waals surface area (Å²) in [5.74, 6) is 2.43. The summed E-state index contributed by atoms with van der Waals surface area (Å²) < 4.78 is 6.91. The molecule has 4 aliphatic rings. The maximum Gasteiger partial charge on any atom is 0.381 e. The Morgan fingerprint density at radius 1 is 1.18 bits per heavy atom. The summed E-state index contributed by atoms with van der Waals surface area (Å²) in [6, 6.07) is 0. The average molecular weight is 474 g/mol. The minimum Gasteiger partial charge on any atom is -0.387 e. The number of aliphatic hydroxyl groups is 1. The van der Waals surface area contributed by atoms with E-state index in [4.69, 9.17) is 4.74 Å². The van der Waals surface area contributed by atoms with Crippen LogP contribution >= 0.6 is 0 Å². The van der Waals surface area contributed by atoms with Crippen LogP contribution in [0.4, 0.5) is 5.82 Å². The number of nitro groups is 1. The van der Waals surface area contributed by atoms with Crippen LogP contribution in [-0.4, -0.2) is 44.7 Å². The first kappa shape index (κ1) is 23.9. The second kappa shape index (κ2) is 8.40. The average Bonchev–Trinajstić information content (AvgIpc) is 3.38. The molecule has 188 valence electrons. The molecule has 0 spiro atoms. The summed E-state index contributed by atoms with van der Waals surface area (Å²) >= 11 is 0. The van der Waals surface area contributed by atoms with Crippen molar-refractivity contribution >= 4 is 11.6 Å². The number of methoxy groups -OCH3 is 1. The molecule has 1 aromatic rings. The highest BCUT2D eigenvalue weighted by Gasteiger charge is 2.62. The fourth-order valence-electron chi connectivity index (χ4n) is 9.07. The van der Waals surface area contributed by atoms with Gasteiger partial charge < -0.3 is 24.5 Å². The quantitative estimate of drug-likeness (QED) is 0.485. The van der Waals surface area contributed by atoms with Gasteiger partial charge in [-0.05, 0) is 102 Å². The topological polar surface area (TPSA) is 107 Å². The van der Waals surface area contributed by atoms with Crippen molar-refractivity contribution in [2.24, 2.45) is 40.4 Å². The number of carbonyl (C=O) groups is 1. The largest absolute Gasteiger partial charge is 0.387 e. The Morgan fingerprint density at radius 2 is 1.94 bits per heavy atom. The molecule has 0 aliphatic heterocycles. The highest BCUT2D eigenvalue weighted by atomic mass is 16.6. The zero-order valence-electron chi connectivity index (χ0n) is 20.7. The fourth-order valence-corrected chi connectivity index (χ4v) is 9.07. The molecule has 4 saturated carbocycles. The Bertz CT molecular complexity index is 964. The van der Waals surface area contributed by atoms with E-state index in [2.05, 4.69) is 18.8 Å². The third-order valence-corrected chi connectivity index (χ3v) is 10.8. The van der Waals surface area contributed by atoms with Crippen molar-refractivity contribution in [3.8, 4) is 0 Å². The lowest BCUT2D eigenvalue weighted by molar-refractivity contribution is -0.389. The SMILES string of the molecule is COC[C@@]1(O)CC[C@@]2(C)[C@@H](CC[C@@H]3[C@@H]2CC[C@]2(C)[C@@H](C(=O)Cn4cnc([N+](=O)[O-])c4)CC[C@@H]32)C1. The smallest absolute Gasteiger partial charge is 0.381 e. The molecular weight excluding hydrogens is 434 g/mol. The number of hydrogen-bond donors (Lipinski definition) is 1. The number of ether oxygens (including phenoxy) is 1. The van der Waals surface area contributed by atoms with Gasteiger partial charge in [0.25, 0.3) is 0 Å². The van der Waals surface area contributed by atoms with E-state index in [0.717, 1.165) is 51.4 Å². The summed E-state index contributed by atoms with van der Waals surface area (Å²) in [4.78, 5) is 27.6. The number of aromatic nitrogens is 2. The Kier molecular flexibility index (Phi) is 5.91. The molecular formula is C26H39N3O5. The van der Waals surface area contributed by atoms with E-state index in [1.54, 1.807) is 11.7 Å². The molecule has 4 fully saturated rings. The number of carbonyl (C=O) groups excluding carboxylic acids is 1. The van der Waals surface area contributed by atoms with Crippen LogP contribution in [0.5, 0.6) is 0 Å². The maximum atomic E-state index is 13.4. The number of rotatable bonds is 6. The van der Waals surface area contributed by atoms with Crippen molar-refractivity contribution < 1.29 is 19.6 Å². The molecule has 0 radical (unpaired) electrons. The van der Waals surface area contributed by atoms with Gasteiger partial charge in [-0.3, -0.25) is 4.79 Å². The Hall–Kier alpha value is -1.80. The molecule has 4 aliphatic carbocycles.